The van der Waals surface area contributed by atoms with Crippen molar-refractivity contribution in [3.05, 3.63) is 35.5 Å². The van der Waals surface area contributed by atoms with E-state index in [0.29, 0.717) is 25.7 Å². The third-order valence-electron chi connectivity index (χ3n) is 9.74. The van der Waals surface area contributed by atoms with Crippen molar-refractivity contribution in [1.82, 2.24) is 0 Å². The molecule has 0 aromatic heterocycles. The van der Waals surface area contributed by atoms with Gasteiger partial charge in [-0.25, -0.2) is 0 Å². The highest BCUT2D eigenvalue weighted by molar-refractivity contribution is 5.97. The maximum atomic E-state index is 13.5. The van der Waals surface area contributed by atoms with Gasteiger partial charge in [-0.05, 0) is 38.2 Å². The normalized spacial score (nSPS) is 51.1. The zero-order valence-electron chi connectivity index (χ0n) is 16.6. The van der Waals surface area contributed by atoms with Gasteiger partial charge in [-0.3, -0.25) is 14.4 Å². The molecular weight excluding hydrogens is 352 g/mol. The van der Waals surface area contributed by atoms with Gasteiger partial charge in [-0.2, -0.15) is 0 Å². The summed E-state index contributed by atoms with van der Waals surface area (Å²) in [6.07, 6.45) is 8.62. The van der Waals surface area contributed by atoms with E-state index in [2.05, 4.69) is 26.5 Å². The van der Waals surface area contributed by atoms with Gasteiger partial charge in [0.15, 0.2) is 5.78 Å². The fourth-order valence-electron chi connectivity index (χ4n) is 8.18. The van der Waals surface area contributed by atoms with Crippen molar-refractivity contribution in [2.45, 2.75) is 64.4 Å². The quantitative estimate of drug-likeness (QED) is 0.474. The van der Waals surface area contributed by atoms with Crippen molar-refractivity contribution < 1.29 is 19.1 Å². The summed E-state index contributed by atoms with van der Waals surface area (Å²) in [5.41, 5.74) is 1.50. The van der Waals surface area contributed by atoms with Gasteiger partial charge < -0.3 is 4.74 Å². The van der Waals surface area contributed by atoms with E-state index in [1.54, 1.807) is 6.08 Å². The molecule has 1 saturated heterocycles. The highest BCUT2D eigenvalue weighted by atomic mass is 16.6. The molecule has 5 aliphatic carbocycles. The highest BCUT2D eigenvalue weighted by Crippen LogP contribution is 2.78. The van der Waals surface area contributed by atoms with E-state index in [1.165, 1.54) is 5.57 Å². The Morgan fingerprint density at radius 2 is 1.93 bits per heavy atom. The zero-order chi connectivity index (χ0) is 19.7. The molecule has 6 rings (SSSR count). The zero-order valence-corrected chi connectivity index (χ0v) is 16.6. The third-order valence-corrected chi connectivity index (χ3v) is 9.74. The maximum Gasteiger partial charge on any atom is 0.310 e. The lowest BCUT2D eigenvalue weighted by atomic mass is 9.46. The lowest BCUT2D eigenvalue weighted by Crippen LogP contribution is -2.60. The molecule has 0 aromatic rings. The fraction of sp³-hybridized carbons (Fsp3) is 0.625. The average Bonchev–Trinajstić information content (AvgIpc) is 3.16. The van der Waals surface area contributed by atoms with Crippen LogP contribution >= 0.6 is 0 Å². The van der Waals surface area contributed by atoms with Crippen LogP contribution in [-0.2, 0) is 19.1 Å². The lowest BCUT2D eigenvalue weighted by Gasteiger charge is -2.56. The second-order valence-corrected chi connectivity index (χ2v) is 10.4. The van der Waals surface area contributed by atoms with E-state index in [1.807, 2.05) is 0 Å². The molecule has 0 radical (unpaired) electrons. The van der Waals surface area contributed by atoms with Crippen LogP contribution < -0.4 is 0 Å². The van der Waals surface area contributed by atoms with Crippen LogP contribution in [0.2, 0.25) is 0 Å². The Labute approximate surface area is 165 Å². The molecule has 4 nitrogen and oxygen atoms in total. The summed E-state index contributed by atoms with van der Waals surface area (Å²) in [6, 6.07) is 0. The summed E-state index contributed by atoms with van der Waals surface area (Å²) in [5.74, 6) is -0.103. The van der Waals surface area contributed by atoms with Crippen LogP contribution in [0, 0.1) is 28.1 Å². The van der Waals surface area contributed by atoms with Crippen molar-refractivity contribution in [3.63, 3.8) is 0 Å². The number of rotatable bonds is 0. The van der Waals surface area contributed by atoms with Crippen LogP contribution in [0.4, 0.5) is 0 Å². The van der Waals surface area contributed by atoms with Gasteiger partial charge in [-0.15, -0.1) is 0 Å². The number of allylic oxidation sites excluding steroid dienone is 4. The second kappa shape index (κ2) is 4.60. The number of carbonyl (C=O) groups is 3. The Hall–Kier alpha value is -1.97. The molecular formula is C24H26O4. The molecule has 0 aromatic carbocycles. The predicted molar refractivity (Wildman–Crippen MR) is 102 cm³/mol. The van der Waals surface area contributed by atoms with Crippen molar-refractivity contribution in [2.75, 3.05) is 0 Å². The molecule has 146 valence electrons. The van der Waals surface area contributed by atoms with Crippen molar-refractivity contribution in [2.24, 2.45) is 28.1 Å². The standard InChI is InChI=1S/C24H26O4/c1-13-10-18(26)23-7-5-17-19-16(12-14-11-15(25)4-6-21(14,17)2)20(27)28-24(19,23)9-8-22(13,23)3/h5,11,16,19H,1,4,6-10,12H2,2-3H3/t16-,19?,21+,22+,23-,24-/m1/s1. The molecule has 6 aliphatic rings. The number of Topliss-reactive ketones (excluding diaryl/α,β-unsaturated/α-hetero) is 1. The van der Waals surface area contributed by atoms with Gasteiger partial charge in [0.05, 0.1) is 11.3 Å². The van der Waals surface area contributed by atoms with Gasteiger partial charge >= 0.3 is 5.97 Å². The molecule has 2 spiro atoms. The Kier molecular flexibility index (Phi) is 2.78. The smallest absolute Gasteiger partial charge is 0.310 e. The number of carbonyl (C=O) groups excluding carboxylic acids is 3. The molecule has 1 unspecified atom stereocenters. The first-order valence-electron chi connectivity index (χ1n) is 10.6. The Balaban J connectivity index is 1.62. The number of hydrogen-bond acceptors (Lipinski definition) is 4. The minimum Gasteiger partial charge on any atom is -0.457 e. The monoisotopic (exact) mass is 378 g/mol. The van der Waals surface area contributed by atoms with Gasteiger partial charge in [0.1, 0.15) is 11.4 Å². The average molecular weight is 378 g/mol. The van der Waals surface area contributed by atoms with E-state index in [4.69, 9.17) is 4.74 Å². The van der Waals surface area contributed by atoms with Gasteiger partial charge in [0.25, 0.3) is 0 Å². The molecule has 3 saturated carbocycles. The molecule has 0 amide bonds. The van der Waals surface area contributed by atoms with Crippen molar-refractivity contribution in [1.29, 1.82) is 0 Å². The molecule has 6 atom stereocenters. The first-order chi connectivity index (χ1) is 13.2. The molecule has 0 N–H and O–H groups in total. The topological polar surface area (TPSA) is 60.4 Å². The summed E-state index contributed by atoms with van der Waals surface area (Å²) in [4.78, 5) is 38.7. The van der Waals surface area contributed by atoms with E-state index in [0.717, 1.165) is 30.4 Å². The minimum absolute atomic E-state index is 0.0409. The fourth-order valence-corrected chi connectivity index (χ4v) is 8.18. The Morgan fingerprint density at radius 1 is 1.14 bits per heavy atom. The van der Waals surface area contributed by atoms with E-state index in [9.17, 15) is 14.4 Å². The maximum absolute atomic E-state index is 13.5. The number of ether oxygens (including phenoxy) is 1. The van der Waals surface area contributed by atoms with Crippen LogP contribution in [0.15, 0.2) is 35.5 Å². The predicted octanol–water partition coefficient (Wildman–Crippen LogP) is 3.86. The number of hydrogen-bond donors (Lipinski definition) is 0. The van der Waals surface area contributed by atoms with Gasteiger partial charge in [0.2, 0.25) is 0 Å². The van der Waals surface area contributed by atoms with E-state index >= 15 is 0 Å². The molecule has 0 bridgehead atoms. The minimum atomic E-state index is -0.722. The lowest BCUT2D eigenvalue weighted by molar-refractivity contribution is -0.171. The number of ketones is 2. The number of esters is 1. The van der Waals surface area contributed by atoms with Crippen molar-refractivity contribution in [3.8, 4) is 0 Å². The summed E-state index contributed by atoms with van der Waals surface area (Å²) in [5, 5.41) is 0. The van der Waals surface area contributed by atoms with Gasteiger partial charge in [-0.1, -0.05) is 43.2 Å². The van der Waals surface area contributed by atoms with Crippen LogP contribution in [-0.4, -0.2) is 23.1 Å². The van der Waals surface area contributed by atoms with Crippen molar-refractivity contribution >= 4 is 17.5 Å². The van der Waals surface area contributed by atoms with Gasteiger partial charge in [0, 0.05) is 29.6 Å². The summed E-state index contributed by atoms with van der Waals surface area (Å²) >= 11 is 0. The Morgan fingerprint density at radius 3 is 2.71 bits per heavy atom. The highest BCUT2D eigenvalue weighted by Gasteiger charge is 2.81. The molecule has 1 aliphatic heterocycles. The second-order valence-electron chi connectivity index (χ2n) is 10.4. The molecule has 4 fully saturated rings. The van der Waals surface area contributed by atoms with E-state index < -0.39 is 11.0 Å². The first-order valence-corrected chi connectivity index (χ1v) is 10.6. The SMILES string of the molecule is C=C1CC(=O)[C@@]23CC=C4C5[C@@H](CC6=CC(=O)CC[C@@]64C)C(=O)O[C@]52CC[C@@]13C. The van der Waals surface area contributed by atoms with Crippen LogP contribution in [0.5, 0.6) is 0 Å². The largest absolute Gasteiger partial charge is 0.457 e. The van der Waals surface area contributed by atoms with Crippen LogP contribution in [0.25, 0.3) is 0 Å². The number of fused-ring (bicyclic) bond motifs is 2. The van der Waals surface area contributed by atoms with E-state index in [-0.39, 0.29) is 40.2 Å². The third kappa shape index (κ3) is 1.44. The summed E-state index contributed by atoms with van der Waals surface area (Å²) in [7, 11) is 0. The first kappa shape index (κ1) is 16.9. The van der Waals surface area contributed by atoms with Crippen LogP contribution in [0.1, 0.15) is 58.8 Å². The molecule has 1 heterocycles. The molecule has 4 heteroatoms. The Bertz CT molecular complexity index is 969. The summed E-state index contributed by atoms with van der Waals surface area (Å²) in [6.45, 7) is 8.66. The summed E-state index contributed by atoms with van der Waals surface area (Å²) < 4.78 is 6.30. The van der Waals surface area contributed by atoms with Crippen LogP contribution in [0.3, 0.4) is 0 Å². The molecule has 28 heavy (non-hydrogen) atoms.